The summed E-state index contributed by atoms with van der Waals surface area (Å²) in [6, 6.07) is 0. The maximum absolute atomic E-state index is 5.32. The molecule has 0 fully saturated rings. The minimum atomic E-state index is 0.671. The van der Waals surface area contributed by atoms with E-state index in [2.05, 4.69) is 31.4 Å². The summed E-state index contributed by atoms with van der Waals surface area (Å²) >= 11 is 4.28. The second-order valence-corrected chi connectivity index (χ2v) is 3.74. The topological polar surface area (TPSA) is 12.5 Å². The van der Waals surface area contributed by atoms with Gasteiger partial charge in [0.2, 0.25) is 0 Å². The van der Waals surface area contributed by atoms with Crippen LogP contribution in [0.25, 0.3) is 0 Å². The van der Waals surface area contributed by atoms with Gasteiger partial charge in [0.15, 0.2) is 0 Å². The first-order valence-electron chi connectivity index (χ1n) is 5.15. The molecule has 0 radical (unpaired) electrons. The highest BCUT2D eigenvalue weighted by molar-refractivity contribution is 7.80. The predicted octanol–water partition coefficient (Wildman–Crippen LogP) is 1.91. The minimum Gasteiger partial charge on any atom is -0.380 e. The maximum atomic E-state index is 5.32. The first kappa shape index (κ1) is 13.3. The van der Waals surface area contributed by atoms with Crippen LogP contribution in [0, 0.1) is 5.92 Å². The van der Waals surface area contributed by atoms with Crippen molar-refractivity contribution in [2.75, 3.05) is 38.6 Å². The van der Waals surface area contributed by atoms with E-state index in [1.54, 1.807) is 0 Å². The highest BCUT2D eigenvalue weighted by Gasteiger charge is 2.06. The molecule has 0 amide bonds. The molecule has 0 N–H and O–H groups in total. The molecule has 0 aliphatic rings. The molecule has 0 rings (SSSR count). The molecular weight excluding hydrogens is 182 g/mol. The average Bonchev–Trinajstić information content (AvgIpc) is 2.16. The number of hydrogen-bond acceptors (Lipinski definition) is 3. The Balaban J connectivity index is 3.50. The Hall–Kier alpha value is 0.270. The fraction of sp³-hybridized carbons (Fsp3) is 1.00. The Kier molecular flexibility index (Phi) is 9.03. The summed E-state index contributed by atoms with van der Waals surface area (Å²) in [4.78, 5) is 2.41. The standard InChI is InChI=1S/C10H23NOS/c1-4-11(6-7-12-5-2)8-10(3)9-13/h10,13H,4-9H2,1-3H3. The van der Waals surface area contributed by atoms with Crippen molar-refractivity contribution in [1.29, 1.82) is 0 Å². The van der Waals surface area contributed by atoms with Gasteiger partial charge in [0, 0.05) is 19.7 Å². The molecule has 0 aromatic rings. The van der Waals surface area contributed by atoms with Gasteiger partial charge in [0.25, 0.3) is 0 Å². The number of rotatable bonds is 8. The number of nitrogens with zero attached hydrogens (tertiary/aromatic N) is 1. The third-order valence-electron chi connectivity index (χ3n) is 2.08. The molecule has 1 unspecified atom stereocenters. The Morgan fingerprint density at radius 3 is 2.54 bits per heavy atom. The molecule has 0 aliphatic carbocycles. The van der Waals surface area contributed by atoms with Gasteiger partial charge in [-0.2, -0.15) is 12.6 Å². The molecule has 0 heterocycles. The molecule has 0 aromatic heterocycles. The average molecular weight is 205 g/mol. The van der Waals surface area contributed by atoms with Crippen LogP contribution in [0.4, 0.5) is 0 Å². The predicted molar refractivity (Wildman–Crippen MR) is 61.6 cm³/mol. The third-order valence-corrected chi connectivity index (χ3v) is 2.71. The van der Waals surface area contributed by atoms with Crippen LogP contribution in [0.3, 0.4) is 0 Å². The highest BCUT2D eigenvalue weighted by atomic mass is 32.1. The van der Waals surface area contributed by atoms with E-state index in [1.807, 2.05) is 6.92 Å². The van der Waals surface area contributed by atoms with Crippen molar-refractivity contribution in [3.8, 4) is 0 Å². The molecule has 0 bridgehead atoms. The lowest BCUT2D eigenvalue weighted by Crippen LogP contribution is -2.32. The first-order chi connectivity index (χ1) is 6.24. The first-order valence-corrected chi connectivity index (χ1v) is 5.78. The second kappa shape index (κ2) is 8.85. The van der Waals surface area contributed by atoms with Gasteiger partial charge in [-0.3, -0.25) is 0 Å². The Morgan fingerprint density at radius 2 is 2.08 bits per heavy atom. The molecule has 0 saturated heterocycles. The van der Waals surface area contributed by atoms with Crippen molar-refractivity contribution in [2.24, 2.45) is 5.92 Å². The third kappa shape index (κ3) is 7.35. The SMILES string of the molecule is CCOCCN(CC)CC(C)CS. The van der Waals surface area contributed by atoms with Crippen LogP contribution < -0.4 is 0 Å². The van der Waals surface area contributed by atoms with E-state index < -0.39 is 0 Å². The van der Waals surface area contributed by atoms with Gasteiger partial charge < -0.3 is 9.64 Å². The Labute approximate surface area is 88.1 Å². The molecule has 13 heavy (non-hydrogen) atoms. The van der Waals surface area contributed by atoms with E-state index in [-0.39, 0.29) is 0 Å². The van der Waals surface area contributed by atoms with E-state index in [0.29, 0.717) is 5.92 Å². The van der Waals surface area contributed by atoms with Crippen LogP contribution >= 0.6 is 12.6 Å². The summed E-state index contributed by atoms with van der Waals surface area (Å²) in [5.41, 5.74) is 0. The number of ether oxygens (including phenoxy) is 1. The lowest BCUT2D eigenvalue weighted by atomic mass is 10.2. The minimum absolute atomic E-state index is 0.671. The van der Waals surface area contributed by atoms with Crippen molar-refractivity contribution in [1.82, 2.24) is 4.90 Å². The van der Waals surface area contributed by atoms with E-state index in [1.165, 1.54) is 0 Å². The number of likely N-dealkylation sites (N-methyl/N-ethyl adjacent to an activating group) is 1. The largest absolute Gasteiger partial charge is 0.380 e. The molecule has 0 aliphatic heterocycles. The van der Waals surface area contributed by atoms with E-state index in [9.17, 15) is 0 Å². The fourth-order valence-corrected chi connectivity index (χ4v) is 1.33. The van der Waals surface area contributed by atoms with Crippen LogP contribution in [0.1, 0.15) is 20.8 Å². The zero-order valence-electron chi connectivity index (χ0n) is 9.12. The molecular formula is C10H23NOS. The normalized spacial score (nSPS) is 13.6. The lowest BCUT2D eigenvalue weighted by Gasteiger charge is -2.23. The summed E-state index contributed by atoms with van der Waals surface area (Å²) in [5, 5.41) is 0. The summed E-state index contributed by atoms with van der Waals surface area (Å²) < 4.78 is 5.32. The van der Waals surface area contributed by atoms with Gasteiger partial charge in [0.1, 0.15) is 0 Å². The fourth-order valence-electron chi connectivity index (χ4n) is 1.21. The van der Waals surface area contributed by atoms with Crippen LogP contribution in [0.15, 0.2) is 0 Å². The van der Waals surface area contributed by atoms with Crippen LogP contribution in [-0.4, -0.2) is 43.5 Å². The molecule has 0 saturated carbocycles. The zero-order valence-corrected chi connectivity index (χ0v) is 10.0. The van der Waals surface area contributed by atoms with Crippen LogP contribution in [0.2, 0.25) is 0 Å². The quantitative estimate of drug-likeness (QED) is 0.480. The smallest absolute Gasteiger partial charge is 0.0593 e. The van der Waals surface area contributed by atoms with Crippen LogP contribution in [-0.2, 0) is 4.74 Å². The van der Waals surface area contributed by atoms with Crippen molar-refractivity contribution in [3.63, 3.8) is 0 Å². The van der Waals surface area contributed by atoms with Crippen molar-refractivity contribution in [3.05, 3.63) is 0 Å². The Morgan fingerprint density at radius 1 is 1.38 bits per heavy atom. The summed E-state index contributed by atoms with van der Waals surface area (Å²) in [6.45, 7) is 11.4. The summed E-state index contributed by atoms with van der Waals surface area (Å²) in [5.74, 6) is 1.63. The maximum Gasteiger partial charge on any atom is 0.0593 e. The lowest BCUT2D eigenvalue weighted by molar-refractivity contribution is 0.111. The molecule has 80 valence electrons. The van der Waals surface area contributed by atoms with Gasteiger partial charge in [-0.1, -0.05) is 13.8 Å². The zero-order chi connectivity index (χ0) is 10.1. The Bertz CT molecular complexity index is 111. The number of thiol groups is 1. The van der Waals surface area contributed by atoms with E-state index in [0.717, 1.165) is 38.6 Å². The molecule has 1 atom stereocenters. The van der Waals surface area contributed by atoms with Gasteiger partial charge in [-0.25, -0.2) is 0 Å². The van der Waals surface area contributed by atoms with Crippen LogP contribution in [0.5, 0.6) is 0 Å². The molecule has 2 nitrogen and oxygen atoms in total. The summed E-state index contributed by atoms with van der Waals surface area (Å²) in [6.07, 6.45) is 0. The van der Waals surface area contributed by atoms with Crippen molar-refractivity contribution >= 4 is 12.6 Å². The van der Waals surface area contributed by atoms with E-state index in [4.69, 9.17) is 4.74 Å². The number of hydrogen-bond donors (Lipinski definition) is 1. The van der Waals surface area contributed by atoms with Crippen molar-refractivity contribution in [2.45, 2.75) is 20.8 Å². The monoisotopic (exact) mass is 205 g/mol. The second-order valence-electron chi connectivity index (χ2n) is 3.38. The molecule has 3 heteroatoms. The van der Waals surface area contributed by atoms with Gasteiger partial charge in [-0.15, -0.1) is 0 Å². The van der Waals surface area contributed by atoms with Gasteiger partial charge in [-0.05, 0) is 25.1 Å². The van der Waals surface area contributed by atoms with E-state index >= 15 is 0 Å². The van der Waals surface area contributed by atoms with Gasteiger partial charge >= 0.3 is 0 Å². The van der Waals surface area contributed by atoms with Crippen molar-refractivity contribution < 1.29 is 4.74 Å². The highest BCUT2D eigenvalue weighted by Crippen LogP contribution is 2.01. The summed E-state index contributed by atoms with van der Waals surface area (Å²) in [7, 11) is 0. The molecule has 0 aromatic carbocycles. The molecule has 0 spiro atoms. The van der Waals surface area contributed by atoms with Gasteiger partial charge in [0.05, 0.1) is 6.61 Å².